The van der Waals surface area contributed by atoms with E-state index in [0.717, 1.165) is 4.31 Å². The number of benzene rings is 3. The smallest absolute Gasteiger partial charge is 0.264 e. The number of hydrogen-bond acceptors (Lipinski definition) is 3. The van der Waals surface area contributed by atoms with Gasteiger partial charge in [-0.1, -0.05) is 59.6 Å². The van der Waals surface area contributed by atoms with Crippen molar-refractivity contribution in [1.29, 1.82) is 0 Å². The van der Waals surface area contributed by atoms with Crippen LogP contribution >= 0.6 is 23.2 Å². The lowest BCUT2D eigenvalue weighted by Gasteiger charge is -2.25. The molecule has 0 saturated carbocycles. The molecule has 0 fully saturated rings. The highest BCUT2D eigenvalue weighted by Gasteiger charge is 2.29. The van der Waals surface area contributed by atoms with Gasteiger partial charge in [-0.25, -0.2) is 12.8 Å². The van der Waals surface area contributed by atoms with Gasteiger partial charge >= 0.3 is 0 Å². The van der Waals surface area contributed by atoms with Crippen molar-refractivity contribution in [2.75, 3.05) is 16.2 Å². The number of hydrogen-bond donors (Lipinski definition) is 1. The molecule has 29 heavy (non-hydrogen) atoms. The molecule has 150 valence electrons. The lowest BCUT2D eigenvalue weighted by atomic mass is 10.3. The SMILES string of the molecule is O=C(CN(c1cccc(Cl)c1Cl)S(=O)(=O)c1ccccc1)Nc1ccccc1F. The zero-order valence-electron chi connectivity index (χ0n) is 14.8. The van der Waals surface area contributed by atoms with Crippen LogP contribution in [0.4, 0.5) is 15.8 Å². The second-order valence-corrected chi connectivity index (χ2v) is 8.57. The van der Waals surface area contributed by atoms with Gasteiger partial charge in [-0.05, 0) is 36.4 Å². The molecule has 1 amide bonds. The summed E-state index contributed by atoms with van der Waals surface area (Å²) < 4.78 is 41.1. The van der Waals surface area contributed by atoms with Gasteiger partial charge in [0.1, 0.15) is 12.4 Å². The highest BCUT2D eigenvalue weighted by atomic mass is 35.5. The van der Waals surface area contributed by atoms with Gasteiger partial charge in [0.05, 0.1) is 26.3 Å². The number of rotatable bonds is 6. The van der Waals surface area contributed by atoms with E-state index in [-0.39, 0.29) is 26.3 Å². The summed E-state index contributed by atoms with van der Waals surface area (Å²) in [4.78, 5) is 12.5. The van der Waals surface area contributed by atoms with Crippen LogP contribution < -0.4 is 9.62 Å². The van der Waals surface area contributed by atoms with E-state index in [0.29, 0.717) is 0 Å². The van der Waals surface area contributed by atoms with E-state index >= 15 is 0 Å². The molecule has 1 N–H and O–H groups in total. The van der Waals surface area contributed by atoms with Crippen LogP contribution in [0.5, 0.6) is 0 Å². The van der Waals surface area contributed by atoms with Crippen LogP contribution in [0.3, 0.4) is 0 Å². The Labute approximate surface area is 177 Å². The van der Waals surface area contributed by atoms with E-state index in [4.69, 9.17) is 23.2 Å². The maximum absolute atomic E-state index is 13.8. The summed E-state index contributed by atoms with van der Waals surface area (Å²) in [7, 11) is -4.16. The fourth-order valence-electron chi connectivity index (χ4n) is 2.59. The number of para-hydroxylation sites is 1. The van der Waals surface area contributed by atoms with Crippen molar-refractivity contribution in [1.82, 2.24) is 0 Å². The van der Waals surface area contributed by atoms with Gasteiger partial charge in [-0.3, -0.25) is 9.10 Å². The zero-order valence-corrected chi connectivity index (χ0v) is 17.2. The van der Waals surface area contributed by atoms with Crippen LogP contribution in [0, 0.1) is 5.82 Å². The molecule has 0 unspecified atom stereocenters. The Kier molecular flexibility index (Phi) is 6.42. The molecule has 0 spiro atoms. The first-order chi connectivity index (χ1) is 13.8. The Hall–Kier alpha value is -2.61. The average molecular weight is 453 g/mol. The van der Waals surface area contributed by atoms with E-state index in [9.17, 15) is 17.6 Å². The van der Waals surface area contributed by atoms with Crippen LogP contribution in [0.1, 0.15) is 0 Å². The van der Waals surface area contributed by atoms with Crippen molar-refractivity contribution in [2.45, 2.75) is 4.90 Å². The molecule has 0 radical (unpaired) electrons. The molecule has 0 heterocycles. The van der Waals surface area contributed by atoms with E-state index in [1.54, 1.807) is 24.3 Å². The van der Waals surface area contributed by atoms with Gasteiger partial charge in [0.2, 0.25) is 5.91 Å². The molecule has 0 aliphatic rings. The number of sulfonamides is 1. The number of nitrogens with zero attached hydrogens (tertiary/aromatic N) is 1. The molecule has 9 heteroatoms. The number of amides is 1. The lowest BCUT2D eigenvalue weighted by molar-refractivity contribution is -0.114. The molecule has 0 saturated heterocycles. The minimum Gasteiger partial charge on any atom is -0.322 e. The number of halogens is 3. The molecule has 0 atom stereocenters. The molecule has 5 nitrogen and oxygen atoms in total. The molecule has 0 aliphatic carbocycles. The average Bonchev–Trinajstić information content (AvgIpc) is 2.71. The Bertz CT molecular complexity index is 1140. The predicted molar refractivity (Wildman–Crippen MR) is 112 cm³/mol. The van der Waals surface area contributed by atoms with Gasteiger partial charge in [0.15, 0.2) is 0 Å². The fraction of sp³-hybridized carbons (Fsp3) is 0.0500. The summed E-state index contributed by atoms with van der Waals surface area (Å²) in [5.41, 5.74) is -0.0292. The lowest BCUT2D eigenvalue weighted by Crippen LogP contribution is -2.38. The largest absolute Gasteiger partial charge is 0.322 e. The highest BCUT2D eigenvalue weighted by Crippen LogP contribution is 2.35. The Balaban J connectivity index is 2.01. The van der Waals surface area contributed by atoms with Gasteiger partial charge in [-0.2, -0.15) is 0 Å². The summed E-state index contributed by atoms with van der Waals surface area (Å²) in [6.07, 6.45) is 0. The highest BCUT2D eigenvalue weighted by molar-refractivity contribution is 7.92. The molecular weight excluding hydrogens is 438 g/mol. The van der Waals surface area contributed by atoms with Gasteiger partial charge < -0.3 is 5.32 Å². The van der Waals surface area contributed by atoms with Gasteiger partial charge in [0, 0.05) is 0 Å². The maximum atomic E-state index is 13.8. The van der Waals surface area contributed by atoms with Crippen LogP contribution in [0.15, 0.2) is 77.7 Å². The zero-order chi connectivity index (χ0) is 21.0. The number of anilines is 2. The first-order valence-electron chi connectivity index (χ1n) is 8.37. The molecule has 0 aromatic heterocycles. The molecular formula is C20H15Cl2FN2O3S. The second kappa shape index (κ2) is 8.82. The van der Waals surface area contributed by atoms with Gasteiger partial charge in [-0.15, -0.1) is 0 Å². The summed E-state index contributed by atoms with van der Waals surface area (Å²) in [5, 5.41) is 2.48. The van der Waals surface area contributed by atoms with Crippen LogP contribution in [0.2, 0.25) is 10.0 Å². The third kappa shape index (κ3) is 4.70. The van der Waals surface area contributed by atoms with E-state index < -0.39 is 28.3 Å². The summed E-state index contributed by atoms with van der Waals surface area (Å²) in [5.74, 6) is -1.38. The van der Waals surface area contributed by atoms with Crippen molar-refractivity contribution in [3.8, 4) is 0 Å². The third-order valence-electron chi connectivity index (χ3n) is 3.97. The Morgan fingerprint density at radius 2 is 1.59 bits per heavy atom. The quantitative estimate of drug-likeness (QED) is 0.574. The number of carbonyl (C=O) groups excluding carboxylic acids is 1. The molecule has 0 aliphatic heterocycles. The first-order valence-corrected chi connectivity index (χ1v) is 10.6. The molecule has 3 aromatic carbocycles. The normalized spacial score (nSPS) is 11.1. The fourth-order valence-corrected chi connectivity index (χ4v) is 4.49. The number of nitrogens with one attached hydrogen (secondary N) is 1. The summed E-state index contributed by atoms with van der Waals surface area (Å²) in [6.45, 7) is -0.633. The van der Waals surface area contributed by atoms with Crippen LogP contribution in [-0.2, 0) is 14.8 Å². The van der Waals surface area contributed by atoms with E-state index in [1.165, 1.54) is 48.5 Å². The summed E-state index contributed by atoms with van der Waals surface area (Å²) >= 11 is 12.3. The molecule has 0 bridgehead atoms. The Morgan fingerprint density at radius 3 is 2.28 bits per heavy atom. The molecule has 3 aromatic rings. The minimum absolute atomic E-state index is 0.0210. The van der Waals surface area contributed by atoms with Crippen LogP contribution in [-0.4, -0.2) is 20.9 Å². The summed E-state index contributed by atoms with van der Waals surface area (Å²) in [6, 6.07) is 17.6. The van der Waals surface area contributed by atoms with E-state index in [1.807, 2.05) is 0 Å². The van der Waals surface area contributed by atoms with Crippen molar-refractivity contribution in [3.05, 3.63) is 88.7 Å². The van der Waals surface area contributed by atoms with E-state index in [2.05, 4.69) is 5.32 Å². The van der Waals surface area contributed by atoms with Gasteiger partial charge in [0.25, 0.3) is 10.0 Å². The predicted octanol–water partition coefficient (Wildman–Crippen LogP) is 4.97. The third-order valence-corrected chi connectivity index (χ3v) is 6.55. The van der Waals surface area contributed by atoms with Crippen molar-refractivity contribution < 1.29 is 17.6 Å². The van der Waals surface area contributed by atoms with Crippen molar-refractivity contribution >= 4 is 50.5 Å². The Morgan fingerprint density at radius 1 is 0.931 bits per heavy atom. The van der Waals surface area contributed by atoms with Crippen molar-refractivity contribution in [3.63, 3.8) is 0 Å². The minimum atomic E-state index is -4.16. The molecule has 3 rings (SSSR count). The maximum Gasteiger partial charge on any atom is 0.264 e. The monoisotopic (exact) mass is 452 g/mol. The van der Waals surface area contributed by atoms with Crippen LogP contribution in [0.25, 0.3) is 0 Å². The van der Waals surface area contributed by atoms with Crippen molar-refractivity contribution in [2.24, 2.45) is 0 Å². The first kappa shape index (κ1) is 21.1. The topological polar surface area (TPSA) is 66.5 Å². The number of carbonyl (C=O) groups is 1. The standard InChI is InChI=1S/C20H15Cl2FN2O3S/c21-15-9-6-12-18(20(15)22)25(29(27,28)14-7-2-1-3-8-14)13-19(26)24-17-11-5-4-10-16(17)23/h1-12H,13H2,(H,24,26). The second-order valence-electron chi connectivity index (χ2n) is 5.93.